The van der Waals surface area contributed by atoms with Gasteiger partial charge in [-0.25, -0.2) is 18.1 Å². The zero-order chi connectivity index (χ0) is 14.0. The van der Waals surface area contributed by atoms with E-state index in [1.165, 1.54) is 11.3 Å². The summed E-state index contributed by atoms with van der Waals surface area (Å²) in [6.45, 7) is 3.81. The van der Waals surface area contributed by atoms with Gasteiger partial charge in [-0.1, -0.05) is 6.07 Å². The van der Waals surface area contributed by atoms with Crippen LogP contribution >= 0.6 is 11.3 Å². The fourth-order valence-corrected chi connectivity index (χ4v) is 3.76. The molecule has 1 aromatic carbocycles. The molecule has 19 heavy (non-hydrogen) atoms. The van der Waals surface area contributed by atoms with Gasteiger partial charge in [0.05, 0.1) is 9.90 Å². The zero-order valence-electron chi connectivity index (χ0n) is 10.7. The molecule has 0 aliphatic heterocycles. The Morgan fingerprint density at radius 1 is 1.37 bits per heavy atom. The molecule has 0 amide bonds. The summed E-state index contributed by atoms with van der Waals surface area (Å²) >= 11 is 1.47. The van der Waals surface area contributed by atoms with E-state index in [0.717, 1.165) is 9.88 Å². The number of nitrogens with one attached hydrogen (secondary N) is 1. The molecule has 0 saturated heterocycles. The smallest absolute Gasteiger partial charge is 0.241 e. The number of nitrogens with zero attached hydrogens (tertiary/aromatic N) is 1. The Balaban J connectivity index is 2.21. The van der Waals surface area contributed by atoms with Crippen molar-refractivity contribution in [2.24, 2.45) is 0 Å². The molecule has 0 unspecified atom stereocenters. The molecule has 102 valence electrons. The highest BCUT2D eigenvalue weighted by molar-refractivity contribution is 7.89. The summed E-state index contributed by atoms with van der Waals surface area (Å²) in [5.41, 5.74) is 6.76. The van der Waals surface area contributed by atoms with Gasteiger partial charge < -0.3 is 5.73 Å². The lowest BCUT2D eigenvalue weighted by Gasteiger charge is -2.09. The molecule has 0 radical (unpaired) electrons. The van der Waals surface area contributed by atoms with Gasteiger partial charge in [0, 0.05) is 23.3 Å². The molecule has 1 aromatic heterocycles. The van der Waals surface area contributed by atoms with Gasteiger partial charge in [0.25, 0.3) is 0 Å². The van der Waals surface area contributed by atoms with Gasteiger partial charge in [-0.15, -0.1) is 11.3 Å². The van der Waals surface area contributed by atoms with Crippen LogP contribution in [0, 0.1) is 13.8 Å². The number of aryl methyl sites for hydroxylation is 1. The molecule has 0 aliphatic carbocycles. The van der Waals surface area contributed by atoms with Crippen LogP contribution in [0.3, 0.4) is 0 Å². The minimum atomic E-state index is -3.55. The average molecular weight is 297 g/mol. The van der Waals surface area contributed by atoms with Crippen molar-refractivity contribution in [3.05, 3.63) is 39.8 Å². The molecule has 2 rings (SSSR count). The Labute approximate surface area is 116 Å². The van der Waals surface area contributed by atoms with Gasteiger partial charge in [0.2, 0.25) is 10.0 Å². The first kappa shape index (κ1) is 14.0. The lowest BCUT2D eigenvalue weighted by atomic mass is 10.2. The van der Waals surface area contributed by atoms with Gasteiger partial charge in [-0.05, 0) is 31.5 Å². The van der Waals surface area contributed by atoms with Crippen LogP contribution < -0.4 is 10.5 Å². The summed E-state index contributed by atoms with van der Waals surface area (Å²) in [5, 5.41) is 0.911. The number of nitrogen functional groups attached to an aromatic ring is 1. The Hall–Kier alpha value is -1.44. The van der Waals surface area contributed by atoms with Crippen molar-refractivity contribution < 1.29 is 8.42 Å². The second-order valence-electron chi connectivity index (χ2n) is 4.14. The first-order valence-electron chi connectivity index (χ1n) is 5.66. The summed E-state index contributed by atoms with van der Waals surface area (Å²) < 4.78 is 27.0. The molecular weight excluding hydrogens is 282 g/mol. The quantitative estimate of drug-likeness (QED) is 0.843. The van der Waals surface area contributed by atoms with Gasteiger partial charge in [0.1, 0.15) is 0 Å². The highest BCUT2D eigenvalue weighted by atomic mass is 32.2. The number of benzene rings is 1. The largest absolute Gasteiger partial charge is 0.398 e. The van der Waals surface area contributed by atoms with Crippen molar-refractivity contribution in [2.75, 3.05) is 5.73 Å². The molecule has 2 aromatic rings. The van der Waals surface area contributed by atoms with Crippen LogP contribution in [0.25, 0.3) is 0 Å². The number of aromatic nitrogens is 1. The molecule has 0 fully saturated rings. The van der Waals surface area contributed by atoms with Gasteiger partial charge in [-0.3, -0.25) is 0 Å². The number of rotatable bonds is 4. The van der Waals surface area contributed by atoms with Crippen LogP contribution in [0.1, 0.15) is 15.4 Å². The molecule has 0 saturated carbocycles. The van der Waals surface area contributed by atoms with E-state index in [4.69, 9.17) is 5.73 Å². The topological polar surface area (TPSA) is 85.1 Å². The normalized spacial score (nSPS) is 11.7. The number of nitrogens with two attached hydrogens (primary N) is 1. The fourth-order valence-electron chi connectivity index (χ4n) is 1.65. The van der Waals surface area contributed by atoms with Crippen molar-refractivity contribution in [3.8, 4) is 0 Å². The maximum absolute atomic E-state index is 12.2. The van der Waals surface area contributed by atoms with Crippen LogP contribution in [0.5, 0.6) is 0 Å². The van der Waals surface area contributed by atoms with Crippen LogP contribution in [0.4, 0.5) is 5.69 Å². The third-order valence-corrected chi connectivity index (χ3v) is 5.18. The Kier molecular flexibility index (Phi) is 3.88. The van der Waals surface area contributed by atoms with Gasteiger partial charge in [0.15, 0.2) is 0 Å². The molecule has 1 heterocycles. The van der Waals surface area contributed by atoms with Crippen molar-refractivity contribution in [2.45, 2.75) is 25.3 Å². The first-order valence-corrected chi connectivity index (χ1v) is 7.96. The van der Waals surface area contributed by atoms with E-state index >= 15 is 0 Å². The number of sulfonamides is 1. The maximum Gasteiger partial charge on any atom is 0.241 e. The molecule has 0 bridgehead atoms. The predicted octanol–water partition coefficient (Wildman–Crippen LogP) is 1.82. The summed E-state index contributed by atoms with van der Waals surface area (Å²) in [7, 11) is -3.55. The van der Waals surface area contributed by atoms with Crippen LogP contribution in [0.15, 0.2) is 29.3 Å². The summed E-state index contributed by atoms with van der Waals surface area (Å²) in [4.78, 5) is 5.18. The SMILES string of the molecule is Cc1ncc(CNS(=O)(=O)c2cccc(N)c2C)s1. The monoisotopic (exact) mass is 297 g/mol. The van der Waals surface area contributed by atoms with Gasteiger partial charge >= 0.3 is 0 Å². The zero-order valence-corrected chi connectivity index (χ0v) is 12.3. The number of anilines is 1. The minimum Gasteiger partial charge on any atom is -0.398 e. The minimum absolute atomic E-state index is 0.216. The molecule has 0 spiro atoms. The Morgan fingerprint density at radius 2 is 2.11 bits per heavy atom. The van der Waals surface area contributed by atoms with Crippen LogP contribution in [-0.2, 0) is 16.6 Å². The highest BCUT2D eigenvalue weighted by Gasteiger charge is 2.17. The van der Waals surface area contributed by atoms with E-state index in [9.17, 15) is 8.42 Å². The Morgan fingerprint density at radius 3 is 2.74 bits per heavy atom. The third-order valence-electron chi connectivity index (χ3n) is 2.72. The highest BCUT2D eigenvalue weighted by Crippen LogP contribution is 2.21. The maximum atomic E-state index is 12.2. The van der Waals surface area contributed by atoms with E-state index in [2.05, 4.69) is 9.71 Å². The summed E-state index contributed by atoms with van der Waals surface area (Å²) in [6.07, 6.45) is 1.68. The second kappa shape index (κ2) is 5.28. The second-order valence-corrected chi connectivity index (χ2v) is 7.20. The first-order chi connectivity index (χ1) is 8.90. The molecule has 7 heteroatoms. The fraction of sp³-hybridized carbons (Fsp3) is 0.250. The average Bonchev–Trinajstić information content (AvgIpc) is 2.76. The van der Waals surface area contributed by atoms with E-state index in [-0.39, 0.29) is 11.4 Å². The summed E-state index contributed by atoms with van der Waals surface area (Å²) in [5.74, 6) is 0. The van der Waals surface area contributed by atoms with Crippen molar-refractivity contribution in [1.29, 1.82) is 0 Å². The van der Waals surface area contributed by atoms with Crippen molar-refractivity contribution in [1.82, 2.24) is 9.71 Å². The van der Waals surface area contributed by atoms with E-state index in [0.29, 0.717) is 11.3 Å². The van der Waals surface area contributed by atoms with Crippen LogP contribution in [-0.4, -0.2) is 13.4 Å². The molecular formula is C12H15N3O2S2. The molecule has 0 atom stereocenters. The van der Waals surface area contributed by atoms with E-state index in [1.54, 1.807) is 31.3 Å². The van der Waals surface area contributed by atoms with E-state index in [1.807, 2.05) is 6.92 Å². The molecule has 0 aliphatic rings. The number of hydrogen-bond donors (Lipinski definition) is 2. The van der Waals surface area contributed by atoms with E-state index < -0.39 is 10.0 Å². The number of hydrogen-bond acceptors (Lipinski definition) is 5. The predicted molar refractivity (Wildman–Crippen MR) is 76.5 cm³/mol. The standard InChI is InChI=1S/C12H15N3O2S2/c1-8-11(13)4-3-5-12(8)19(16,17)15-7-10-6-14-9(2)18-10/h3-6,15H,7,13H2,1-2H3. The number of thiazole rings is 1. The Bertz CT molecular complexity index is 693. The summed E-state index contributed by atoms with van der Waals surface area (Å²) in [6, 6.07) is 4.86. The lowest BCUT2D eigenvalue weighted by molar-refractivity contribution is 0.581. The van der Waals surface area contributed by atoms with Crippen molar-refractivity contribution >= 4 is 27.0 Å². The molecule has 3 N–H and O–H groups in total. The lowest BCUT2D eigenvalue weighted by Crippen LogP contribution is -2.23. The third kappa shape index (κ3) is 3.12. The van der Waals surface area contributed by atoms with Gasteiger partial charge in [-0.2, -0.15) is 0 Å². The molecule has 5 nitrogen and oxygen atoms in total. The van der Waals surface area contributed by atoms with Crippen molar-refractivity contribution in [3.63, 3.8) is 0 Å². The van der Waals surface area contributed by atoms with Crippen LogP contribution in [0.2, 0.25) is 0 Å².